The highest BCUT2D eigenvalue weighted by atomic mass is 19.1. The Kier molecular flexibility index (Phi) is 3.26. The number of nitrogens with one attached hydrogen (secondary N) is 1. The molecule has 0 saturated heterocycles. The number of fused-ring (bicyclic) bond motifs is 1. The molecule has 2 rings (SSSR count). The Labute approximate surface area is 96.1 Å². The third-order valence-corrected chi connectivity index (χ3v) is 3.23. The van der Waals surface area contributed by atoms with Gasteiger partial charge in [0.25, 0.3) is 0 Å². The highest BCUT2D eigenvalue weighted by Crippen LogP contribution is 2.32. The first kappa shape index (κ1) is 11.2. The van der Waals surface area contributed by atoms with Crippen LogP contribution in [0.2, 0.25) is 0 Å². The molecular formula is C14H16FN. The van der Waals surface area contributed by atoms with Crippen molar-refractivity contribution in [3.05, 3.63) is 35.1 Å². The minimum absolute atomic E-state index is 0.0826. The van der Waals surface area contributed by atoms with Crippen molar-refractivity contribution in [1.82, 2.24) is 5.32 Å². The molecule has 2 atom stereocenters. The standard InChI is InChI=1S/C14H16FN/c1-3-10(4-2)16-14-9-8-11-12(14)6-5-7-13(11)15/h1,5-7,10,14,16H,4,8-9H2,2H3. The molecule has 84 valence electrons. The number of hydrogen-bond donors (Lipinski definition) is 1. The molecule has 0 fully saturated rings. The summed E-state index contributed by atoms with van der Waals surface area (Å²) in [4.78, 5) is 0. The van der Waals surface area contributed by atoms with Crippen LogP contribution in [0.3, 0.4) is 0 Å². The third kappa shape index (κ3) is 1.96. The molecule has 2 heteroatoms. The molecule has 2 unspecified atom stereocenters. The second-order valence-corrected chi connectivity index (χ2v) is 4.19. The number of rotatable bonds is 3. The van der Waals surface area contributed by atoms with Crippen molar-refractivity contribution >= 4 is 0 Å². The van der Waals surface area contributed by atoms with Crippen LogP contribution in [-0.4, -0.2) is 6.04 Å². The molecule has 16 heavy (non-hydrogen) atoms. The van der Waals surface area contributed by atoms with Crippen LogP contribution in [0, 0.1) is 18.2 Å². The fourth-order valence-electron chi connectivity index (χ4n) is 2.31. The van der Waals surface area contributed by atoms with Crippen molar-refractivity contribution < 1.29 is 4.39 Å². The normalized spacial score (nSPS) is 20.2. The number of hydrogen-bond acceptors (Lipinski definition) is 1. The van der Waals surface area contributed by atoms with Crippen molar-refractivity contribution in [3.8, 4) is 12.3 Å². The molecule has 0 heterocycles. The average molecular weight is 217 g/mol. The predicted octanol–water partition coefficient (Wildman–Crippen LogP) is 2.81. The lowest BCUT2D eigenvalue weighted by molar-refractivity contribution is 0.481. The van der Waals surface area contributed by atoms with Crippen LogP contribution >= 0.6 is 0 Å². The van der Waals surface area contributed by atoms with Gasteiger partial charge in [0.2, 0.25) is 0 Å². The first-order chi connectivity index (χ1) is 7.76. The topological polar surface area (TPSA) is 12.0 Å². The van der Waals surface area contributed by atoms with Gasteiger partial charge >= 0.3 is 0 Å². The molecule has 1 nitrogen and oxygen atoms in total. The SMILES string of the molecule is C#CC(CC)NC1CCc2c(F)cccc21. The van der Waals surface area contributed by atoms with Gasteiger partial charge in [-0.15, -0.1) is 6.42 Å². The van der Waals surface area contributed by atoms with E-state index in [9.17, 15) is 4.39 Å². The van der Waals surface area contributed by atoms with E-state index in [2.05, 4.69) is 18.2 Å². The lowest BCUT2D eigenvalue weighted by atomic mass is 10.1. The maximum Gasteiger partial charge on any atom is 0.126 e. The van der Waals surface area contributed by atoms with Gasteiger partial charge in [0.05, 0.1) is 6.04 Å². The van der Waals surface area contributed by atoms with Crippen LogP contribution < -0.4 is 5.32 Å². The van der Waals surface area contributed by atoms with Crippen LogP contribution in [0.25, 0.3) is 0 Å². The Morgan fingerprint density at radius 1 is 1.62 bits per heavy atom. The minimum atomic E-state index is -0.0874. The van der Waals surface area contributed by atoms with Gasteiger partial charge in [0, 0.05) is 6.04 Å². The van der Waals surface area contributed by atoms with E-state index in [0.29, 0.717) is 0 Å². The van der Waals surface area contributed by atoms with Gasteiger partial charge in [-0.3, -0.25) is 5.32 Å². The fraction of sp³-hybridized carbons (Fsp3) is 0.429. The largest absolute Gasteiger partial charge is 0.297 e. The predicted molar refractivity (Wildman–Crippen MR) is 63.5 cm³/mol. The summed E-state index contributed by atoms with van der Waals surface area (Å²) in [6, 6.07) is 5.59. The van der Waals surface area contributed by atoms with E-state index in [4.69, 9.17) is 6.42 Å². The van der Waals surface area contributed by atoms with Crippen molar-refractivity contribution in [2.24, 2.45) is 0 Å². The minimum Gasteiger partial charge on any atom is -0.297 e. The first-order valence-corrected chi connectivity index (χ1v) is 5.75. The molecule has 0 amide bonds. The second kappa shape index (κ2) is 4.67. The van der Waals surface area contributed by atoms with Crippen LogP contribution in [0.4, 0.5) is 4.39 Å². The van der Waals surface area contributed by atoms with Gasteiger partial charge in [-0.25, -0.2) is 4.39 Å². The summed E-state index contributed by atoms with van der Waals surface area (Å²) in [6.45, 7) is 2.05. The summed E-state index contributed by atoms with van der Waals surface area (Å²) in [7, 11) is 0. The van der Waals surface area contributed by atoms with Gasteiger partial charge in [0.1, 0.15) is 5.82 Å². The molecule has 1 N–H and O–H groups in total. The van der Waals surface area contributed by atoms with E-state index in [1.807, 2.05) is 6.07 Å². The summed E-state index contributed by atoms with van der Waals surface area (Å²) in [5.41, 5.74) is 1.93. The van der Waals surface area contributed by atoms with E-state index >= 15 is 0 Å². The Balaban J connectivity index is 2.18. The Morgan fingerprint density at radius 3 is 3.12 bits per heavy atom. The summed E-state index contributed by atoms with van der Waals surface area (Å²) in [6.07, 6.45) is 8.07. The molecular weight excluding hydrogens is 201 g/mol. The fourth-order valence-corrected chi connectivity index (χ4v) is 2.31. The molecule has 0 saturated carbocycles. The number of terminal acetylenes is 1. The zero-order valence-electron chi connectivity index (χ0n) is 9.46. The third-order valence-electron chi connectivity index (χ3n) is 3.23. The maximum absolute atomic E-state index is 13.5. The van der Waals surface area contributed by atoms with Crippen LogP contribution in [-0.2, 0) is 6.42 Å². The van der Waals surface area contributed by atoms with Gasteiger partial charge in [-0.05, 0) is 36.5 Å². The van der Waals surface area contributed by atoms with E-state index in [-0.39, 0.29) is 17.9 Å². The quantitative estimate of drug-likeness (QED) is 0.768. The second-order valence-electron chi connectivity index (χ2n) is 4.19. The molecule has 1 aliphatic rings. The highest BCUT2D eigenvalue weighted by Gasteiger charge is 2.25. The van der Waals surface area contributed by atoms with E-state index in [1.165, 1.54) is 6.07 Å². The molecule has 1 aromatic rings. The summed E-state index contributed by atoms with van der Waals surface area (Å²) in [5.74, 6) is 2.63. The highest BCUT2D eigenvalue weighted by molar-refractivity contribution is 5.35. The molecule has 0 spiro atoms. The molecule has 0 aliphatic heterocycles. The first-order valence-electron chi connectivity index (χ1n) is 5.75. The van der Waals surface area contributed by atoms with Crippen LogP contribution in [0.15, 0.2) is 18.2 Å². The number of benzene rings is 1. The van der Waals surface area contributed by atoms with Crippen molar-refractivity contribution in [2.75, 3.05) is 0 Å². The Hall–Kier alpha value is -1.33. The molecule has 1 aliphatic carbocycles. The van der Waals surface area contributed by atoms with Gasteiger partial charge < -0.3 is 0 Å². The summed E-state index contributed by atoms with van der Waals surface area (Å²) in [5, 5.41) is 3.40. The summed E-state index contributed by atoms with van der Waals surface area (Å²) >= 11 is 0. The van der Waals surface area contributed by atoms with Crippen molar-refractivity contribution in [2.45, 2.75) is 38.3 Å². The average Bonchev–Trinajstić information content (AvgIpc) is 2.71. The smallest absolute Gasteiger partial charge is 0.126 e. The molecule has 1 aromatic carbocycles. The number of halogens is 1. The monoisotopic (exact) mass is 217 g/mol. The summed E-state index contributed by atoms with van der Waals surface area (Å²) < 4.78 is 13.5. The maximum atomic E-state index is 13.5. The lowest BCUT2D eigenvalue weighted by Gasteiger charge is -2.18. The molecule has 0 aromatic heterocycles. The van der Waals surface area contributed by atoms with Gasteiger partial charge in [0.15, 0.2) is 0 Å². The Morgan fingerprint density at radius 2 is 2.44 bits per heavy atom. The lowest BCUT2D eigenvalue weighted by Crippen LogP contribution is -2.30. The van der Waals surface area contributed by atoms with Crippen molar-refractivity contribution in [1.29, 1.82) is 0 Å². The van der Waals surface area contributed by atoms with Crippen LogP contribution in [0.5, 0.6) is 0 Å². The zero-order chi connectivity index (χ0) is 11.5. The zero-order valence-corrected chi connectivity index (χ0v) is 9.46. The van der Waals surface area contributed by atoms with E-state index in [1.54, 1.807) is 6.07 Å². The Bertz CT molecular complexity index is 419. The van der Waals surface area contributed by atoms with E-state index < -0.39 is 0 Å². The molecule has 0 bridgehead atoms. The van der Waals surface area contributed by atoms with Crippen molar-refractivity contribution in [3.63, 3.8) is 0 Å². The van der Waals surface area contributed by atoms with Gasteiger partial charge in [-0.1, -0.05) is 25.0 Å². The van der Waals surface area contributed by atoms with Gasteiger partial charge in [-0.2, -0.15) is 0 Å². The van der Waals surface area contributed by atoms with E-state index in [0.717, 1.165) is 30.4 Å². The van der Waals surface area contributed by atoms with Crippen LogP contribution in [0.1, 0.15) is 36.9 Å². The molecule has 0 radical (unpaired) electrons.